The molecule has 8 heteroatoms. The third-order valence-electron chi connectivity index (χ3n) is 5.39. The standard InChI is InChI=1S/C21H19N7O/c1-13-15-12-24-20(19-22-9-5-10-23-19)25-16(15)8-11-28(13)21(29)18-14-6-3-4-7-17(14)27(2)26-18/h3-7,9-10,12-13H,8,11H2,1-2H3. The van der Waals surface area contributed by atoms with Crippen LogP contribution in [0.5, 0.6) is 0 Å². The Balaban J connectivity index is 1.48. The Morgan fingerprint density at radius 3 is 2.69 bits per heavy atom. The summed E-state index contributed by atoms with van der Waals surface area (Å²) in [6.45, 7) is 2.58. The maximum Gasteiger partial charge on any atom is 0.275 e. The molecule has 0 saturated heterocycles. The summed E-state index contributed by atoms with van der Waals surface area (Å²) in [4.78, 5) is 32.7. The van der Waals surface area contributed by atoms with Gasteiger partial charge < -0.3 is 4.90 Å². The van der Waals surface area contributed by atoms with Crippen LogP contribution in [0.25, 0.3) is 22.6 Å². The van der Waals surface area contributed by atoms with Gasteiger partial charge in [0.2, 0.25) is 0 Å². The van der Waals surface area contributed by atoms with Crippen molar-refractivity contribution in [1.82, 2.24) is 34.6 Å². The van der Waals surface area contributed by atoms with Gasteiger partial charge in [0, 0.05) is 49.6 Å². The molecule has 1 aliphatic heterocycles. The molecule has 0 fully saturated rings. The van der Waals surface area contributed by atoms with E-state index in [1.54, 1.807) is 29.3 Å². The molecule has 3 aromatic heterocycles. The van der Waals surface area contributed by atoms with Crippen LogP contribution < -0.4 is 0 Å². The Morgan fingerprint density at radius 2 is 1.86 bits per heavy atom. The number of amides is 1. The number of rotatable bonds is 2. The van der Waals surface area contributed by atoms with Gasteiger partial charge in [-0.2, -0.15) is 5.10 Å². The molecule has 4 heterocycles. The van der Waals surface area contributed by atoms with Crippen molar-refractivity contribution in [1.29, 1.82) is 0 Å². The topological polar surface area (TPSA) is 89.7 Å². The van der Waals surface area contributed by atoms with Crippen LogP contribution in [0, 0.1) is 0 Å². The first-order valence-electron chi connectivity index (χ1n) is 9.49. The molecule has 8 nitrogen and oxygen atoms in total. The molecule has 0 aliphatic carbocycles. The van der Waals surface area contributed by atoms with Crippen molar-refractivity contribution in [2.24, 2.45) is 7.05 Å². The van der Waals surface area contributed by atoms with E-state index in [9.17, 15) is 4.79 Å². The highest BCUT2D eigenvalue weighted by molar-refractivity contribution is 6.05. The van der Waals surface area contributed by atoms with Crippen molar-refractivity contribution in [3.8, 4) is 11.6 Å². The normalized spacial score (nSPS) is 16.1. The SMILES string of the molecule is CC1c2cnc(-c3ncccn3)nc2CCN1C(=O)c1nn(C)c2ccccc12. The number of carbonyl (C=O) groups is 1. The first-order valence-corrected chi connectivity index (χ1v) is 9.49. The second-order valence-electron chi connectivity index (χ2n) is 7.08. The summed E-state index contributed by atoms with van der Waals surface area (Å²) in [6, 6.07) is 9.40. The Kier molecular flexibility index (Phi) is 4.04. The van der Waals surface area contributed by atoms with Gasteiger partial charge in [0.1, 0.15) is 0 Å². The lowest BCUT2D eigenvalue weighted by Crippen LogP contribution is -2.39. The molecule has 1 atom stereocenters. The maximum atomic E-state index is 13.3. The van der Waals surface area contributed by atoms with Gasteiger partial charge in [0.05, 0.1) is 17.3 Å². The van der Waals surface area contributed by atoms with Crippen LogP contribution in [0.2, 0.25) is 0 Å². The van der Waals surface area contributed by atoms with Crippen LogP contribution in [0.1, 0.15) is 34.7 Å². The van der Waals surface area contributed by atoms with E-state index in [1.807, 2.05) is 43.1 Å². The fourth-order valence-corrected chi connectivity index (χ4v) is 3.87. The molecule has 0 saturated carbocycles. The minimum Gasteiger partial charge on any atom is -0.330 e. The van der Waals surface area contributed by atoms with E-state index in [-0.39, 0.29) is 11.9 Å². The molecule has 0 radical (unpaired) electrons. The van der Waals surface area contributed by atoms with Gasteiger partial charge in [0.15, 0.2) is 17.3 Å². The summed E-state index contributed by atoms with van der Waals surface area (Å²) in [5.41, 5.74) is 3.31. The number of benzene rings is 1. The number of carbonyl (C=O) groups excluding carboxylic acids is 1. The van der Waals surface area contributed by atoms with Crippen molar-refractivity contribution in [3.63, 3.8) is 0 Å². The van der Waals surface area contributed by atoms with Crippen LogP contribution in [0.3, 0.4) is 0 Å². The average Bonchev–Trinajstić information content (AvgIpc) is 3.11. The van der Waals surface area contributed by atoms with E-state index >= 15 is 0 Å². The molecule has 4 aromatic rings. The molecule has 5 rings (SSSR count). The van der Waals surface area contributed by atoms with Crippen molar-refractivity contribution < 1.29 is 4.79 Å². The first-order chi connectivity index (χ1) is 14.1. The zero-order valence-electron chi connectivity index (χ0n) is 16.1. The highest BCUT2D eigenvalue weighted by Gasteiger charge is 2.32. The molecular formula is C21H19N7O. The van der Waals surface area contributed by atoms with Crippen LogP contribution in [-0.4, -0.2) is 47.1 Å². The van der Waals surface area contributed by atoms with Crippen LogP contribution in [0.15, 0.2) is 48.9 Å². The number of fused-ring (bicyclic) bond motifs is 2. The lowest BCUT2D eigenvalue weighted by molar-refractivity contribution is 0.0670. The zero-order chi connectivity index (χ0) is 20.0. The molecule has 0 spiro atoms. The molecule has 29 heavy (non-hydrogen) atoms. The van der Waals surface area contributed by atoms with E-state index in [1.165, 1.54) is 0 Å². The molecule has 144 valence electrons. The maximum absolute atomic E-state index is 13.3. The largest absolute Gasteiger partial charge is 0.330 e. The Bertz CT molecular complexity index is 1220. The van der Waals surface area contributed by atoms with Crippen LogP contribution >= 0.6 is 0 Å². The Morgan fingerprint density at radius 1 is 1.07 bits per heavy atom. The summed E-state index contributed by atoms with van der Waals surface area (Å²) in [5.74, 6) is 0.934. The molecule has 0 N–H and O–H groups in total. The molecule has 1 aliphatic rings. The highest BCUT2D eigenvalue weighted by atomic mass is 16.2. The van der Waals surface area contributed by atoms with Gasteiger partial charge in [-0.05, 0) is 19.1 Å². The molecular weight excluding hydrogens is 366 g/mol. The Labute approximate surface area is 167 Å². The molecule has 1 unspecified atom stereocenters. The van der Waals surface area contributed by atoms with Crippen LogP contribution in [-0.2, 0) is 13.5 Å². The summed E-state index contributed by atoms with van der Waals surface area (Å²) in [5, 5.41) is 5.35. The van der Waals surface area contributed by atoms with E-state index in [4.69, 9.17) is 0 Å². The second-order valence-corrected chi connectivity index (χ2v) is 7.08. The van der Waals surface area contributed by atoms with E-state index in [0.29, 0.717) is 30.3 Å². The summed E-state index contributed by atoms with van der Waals surface area (Å²) >= 11 is 0. The molecule has 1 amide bonds. The number of aryl methyl sites for hydroxylation is 1. The van der Waals surface area contributed by atoms with Crippen molar-refractivity contribution in [3.05, 3.63) is 65.9 Å². The van der Waals surface area contributed by atoms with Gasteiger partial charge in [0.25, 0.3) is 5.91 Å². The number of hydrogen-bond donors (Lipinski definition) is 0. The van der Waals surface area contributed by atoms with Gasteiger partial charge in [-0.3, -0.25) is 9.48 Å². The fourth-order valence-electron chi connectivity index (χ4n) is 3.87. The van der Waals surface area contributed by atoms with E-state index in [2.05, 4.69) is 25.0 Å². The third-order valence-corrected chi connectivity index (χ3v) is 5.39. The number of aromatic nitrogens is 6. The smallest absolute Gasteiger partial charge is 0.275 e. The van der Waals surface area contributed by atoms with E-state index in [0.717, 1.165) is 22.2 Å². The zero-order valence-corrected chi connectivity index (χ0v) is 16.1. The van der Waals surface area contributed by atoms with Gasteiger partial charge in [-0.15, -0.1) is 0 Å². The van der Waals surface area contributed by atoms with E-state index < -0.39 is 0 Å². The predicted molar refractivity (Wildman–Crippen MR) is 107 cm³/mol. The van der Waals surface area contributed by atoms with Gasteiger partial charge in [-0.1, -0.05) is 18.2 Å². The summed E-state index contributed by atoms with van der Waals surface area (Å²) in [7, 11) is 1.86. The minimum absolute atomic E-state index is 0.0737. The average molecular weight is 385 g/mol. The van der Waals surface area contributed by atoms with Gasteiger partial charge >= 0.3 is 0 Å². The monoisotopic (exact) mass is 385 g/mol. The Hall–Kier alpha value is -3.68. The first kappa shape index (κ1) is 17.4. The molecule has 0 bridgehead atoms. The van der Waals surface area contributed by atoms with Gasteiger partial charge in [-0.25, -0.2) is 19.9 Å². The lowest BCUT2D eigenvalue weighted by Gasteiger charge is -2.34. The summed E-state index contributed by atoms with van der Waals surface area (Å²) < 4.78 is 1.75. The number of para-hydroxylation sites is 1. The molecule has 1 aromatic carbocycles. The lowest BCUT2D eigenvalue weighted by atomic mass is 9.99. The predicted octanol–water partition coefficient (Wildman–Crippen LogP) is 2.58. The van der Waals surface area contributed by atoms with Crippen molar-refractivity contribution in [2.75, 3.05) is 6.54 Å². The summed E-state index contributed by atoms with van der Waals surface area (Å²) in [6.07, 6.45) is 5.78. The van der Waals surface area contributed by atoms with Crippen molar-refractivity contribution >= 4 is 16.8 Å². The van der Waals surface area contributed by atoms with Crippen molar-refractivity contribution in [2.45, 2.75) is 19.4 Å². The van der Waals surface area contributed by atoms with Crippen LogP contribution in [0.4, 0.5) is 0 Å². The highest BCUT2D eigenvalue weighted by Crippen LogP contribution is 2.31. The fraction of sp³-hybridized carbons (Fsp3) is 0.238. The second kappa shape index (κ2) is 6.73. The number of nitrogens with zero attached hydrogens (tertiary/aromatic N) is 7. The quantitative estimate of drug-likeness (QED) is 0.527. The minimum atomic E-state index is -0.141. The third kappa shape index (κ3) is 2.84. The number of hydrogen-bond acceptors (Lipinski definition) is 6.